The molecule has 4 aromatic carbocycles. The molecule has 0 amide bonds. The lowest BCUT2D eigenvalue weighted by molar-refractivity contribution is 0.961. The summed E-state index contributed by atoms with van der Waals surface area (Å²) in [7, 11) is 0. The summed E-state index contributed by atoms with van der Waals surface area (Å²) in [4.78, 5) is 3.23. The molecule has 1 aromatic heterocycles. The van der Waals surface area contributed by atoms with E-state index < -0.39 is 0 Å². The Morgan fingerprint density at radius 2 is 1.16 bits per heavy atom. The van der Waals surface area contributed by atoms with Gasteiger partial charge in [0.25, 0.3) is 0 Å². The van der Waals surface area contributed by atoms with E-state index in [2.05, 4.69) is 120 Å². The Balaban J connectivity index is 1.22. The molecule has 7 rings (SSSR count). The van der Waals surface area contributed by atoms with Crippen molar-refractivity contribution >= 4 is 27.5 Å². The van der Waals surface area contributed by atoms with Crippen molar-refractivity contribution in [1.82, 2.24) is 4.98 Å². The molecule has 0 bridgehead atoms. The van der Waals surface area contributed by atoms with Gasteiger partial charge >= 0.3 is 0 Å². The zero-order chi connectivity index (χ0) is 24.6. The van der Waals surface area contributed by atoms with Gasteiger partial charge in [-0.25, -0.2) is 0 Å². The summed E-state index contributed by atoms with van der Waals surface area (Å²) in [5.41, 5.74) is 11.1. The number of aromatic nitrogens is 1. The number of H-pyrrole nitrogens is 1. The van der Waals surface area contributed by atoms with Crippen LogP contribution in [0.3, 0.4) is 0 Å². The van der Waals surface area contributed by atoms with E-state index in [1.807, 2.05) is 6.20 Å². The molecule has 0 aliphatic heterocycles. The molecule has 0 saturated heterocycles. The van der Waals surface area contributed by atoms with E-state index in [1.165, 1.54) is 65.8 Å². The number of hydrogen-bond acceptors (Lipinski definition) is 0. The van der Waals surface area contributed by atoms with Crippen molar-refractivity contribution in [2.24, 2.45) is 0 Å². The predicted octanol–water partition coefficient (Wildman–Crippen LogP) is 7.78. The van der Waals surface area contributed by atoms with Crippen LogP contribution in [0, 0.1) is 0 Å². The SMILES string of the molecule is C1=C(C2=c3ccccc3=C(c3cc[nH]c3)CC2)CCC(c2ccc(-c3cccc4ccccc34)cc2)=C1. The number of hydrogen-bond donors (Lipinski definition) is 1. The third-order valence-corrected chi connectivity index (χ3v) is 8.04. The Morgan fingerprint density at radius 3 is 1.95 bits per heavy atom. The van der Waals surface area contributed by atoms with Crippen LogP contribution in [0.4, 0.5) is 0 Å². The van der Waals surface area contributed by atoms with E-state index in [4.69, 9.17) is 0 Å². The zero-order valence-electron chi connectivity index (χ0n) is 20.9. The molecule has 37 heavy (non-hydrogen) atoms. The molecule has 0 saturated carbocycles. The zero-order valence-corrected chi connectivity index (χ0v) is 20.9. The minimum absolute atomic E-state index is 1.08. The first-order valence-corrected chi connectivity index (χ1v) is 13.3. The number of rotatable bonds is 4. The van der Waals surface area contributed by atoms with Crippen molar-refractivity contribution in [3.05, 3.63) is 149 Å². The quantitative estimate of drug-likeness (QED) is 0.273. The standard InChI is InChI=1S/C36H29N/c1-2-8-31-27(6-1)7-5-11-32(31)28-16-12-25(13-17-28)26-14-18-29(19-15-26)33-20-21-34(30-22-23-37-24-30)36-10-4-3-9-35(33)36/h1-14,16-18,22-24,37H,15,19-21H2. The molecular weight excluding hydrogens is 446 g/mol. The summed E-state index contributed by atoms with van der Waals surface area (Å²) in [6.07, 6.45) is 13.3. The second kappa shape index (κ2) is 9.26. The summed E-state index contributed by atoms with van der Waals surface area (Å²) < 4.78 is 0. The highest BCUT2D eigenvalue weighted by atomic mass is 14.6. The van der Waals surface area contributed by atoms with E-state index in [9.17, 15) is 0 Å². The van der Waals surface area contributed by atoms with Gasteiger partial charge in [0.05, 0.1) is 0 Å². The molecule has 2 aliphatic carbocycles. The van der Waals surface area contributed by atoms with Crippen LogP contribution < -0.4 is 10.4 Å². The highest BCUT2D eigenvalue weighted by molar-refractivity contribution is 5.96. The highest BCUT2D eigenvalue weighted by Gasteiger charge is 2.18. The molecule has 1 heteroatoms. The summed E-state index contributed by atoms with van der Waals surface area (Å²) in [5.74, 6) is 0. The summed E-state index contributed by atoms with van der Waals surface area (Å²) in [6, 6.07) is 35.5. The van der Waals surface area contributed by atoms with Gasteiger partial charge in [-0.1, -0.05) is 103 Å². The summed E-state index contributed by atoms with van der Waals surface area (Å²) in [5, 5.41) is 5.40. The molecule has 178 valence electrons. The van der Waals surface area contributed by atoms with Crippen LogP contribution in [0.1, 0.15) is 36.8 Å². The average molecular weight is 476 g/mol. The number of nitrogens with one attached hydrogen (secondary N) is 1. The Hall–Kier alpha value is -4.36. The van der Waals surface area contributed by atoms with Crippen LogP contribution in [0.15, 0.2) is 127 Å². The Morgan fingerprint density at radius 1 is 0.486 bits per heavy atom. The maximum Gasteiger partial charge on any atom is 0.00811 e. The second-order valence-corrected chi connectivity index (χ2v) is 10.1. The molecular formula is C36H29N. The molecule has 2 aliphatic rings. The second-order valence-electron chi connectivity index (χ2n) is 10.1. The van der Waals surface area contributed by atoms with Crippen LogP contribution >= 0.6 is 0 Å². The Bertz CT molecular complexity index is 1790. The minimum atomic E-state index is 1.08. The predicted molar refractivity (Wildman–Crippen MR) is 156 cm³/mol. The summed E-state index contributed by atoms with van der Waals surface area (Å²) >= 11 is 0. The lowest BCUT2D eigenvalue weighted by Crippen LogP contribution is -2.32. The van der Waals surface area contributed by atoms with Crippen LogP contribution in [0.25, 0.3) is 38.6 Å². The molecule has 1 heterocycles. The van der Waals surface area contributed by atoms with Gasteiger partial charge in [0.1, 0.15) is 0 Å². The van der Waals surface area contributed by atoms with Crippen LogP contribution in [-0.4, -0.2) is 4.98 Å². The van der Waals surface area contributed by atoms with Crippen molar-refractivity contribution in [3.63, 3.8) is 0 Å². The normalized spacial score (nSPS) is 15.4. The third kappa shape index (κ3) is 3.97. The van der Waals surface area contributed by atoms with Crippen LogP contribution in [0.2, 0.25) is 0 Å². The molecule has 0 atom stereocenters. The number of fused-ring (bicyclic) bond motifs is 2. The summed E-state index contributed by atoms with van der Waals surface area (Å²) in [6.45, 7) is 0. The molecule has 0 unspecified atom stereocenters. The van der Waals surface area contributed by atoms with Gasteiger partial charge < -0.3 is 4.98 Å². The molecule has 5 aromatic rings. The first-order valence-electron chi connectivity index (χ1n) is 13.3. The topological polar surface area (TPSA) is 15.8 Å². The Labute approximate surface area is 217 Å². The van der Waals surface area contributed by atoms with Crippen molar-refractivity contribution in [1.29, 1.82) is 0 Å². The maximum absolute atomic E-state index is 3.23. The smallest absolute Gasteiger partial charge is 0.00811 e. The number of benzene rings is 4. The molecule has 1 nitrogen and oxygen atoms in total. The monoisotopic (exact) mass is 475 g/mol. The van der Waals surface area contributed by atoms with Crippen molar-refractivity contribution in [3.8, 4) is 11.1 Å². The van der Waals surface area contributed by atoms with E-state index >= 15 is 0 Å². The first kappa shape index (κ1) is 21.9. The largest absolute Gasteiger partial charge is 0.367 e. The average Bonchev–Trinajstić information content (AvgIpc) is 3.52. The van der Waals surface area contributed by atoms with Gasteiger partial charge in [0, 0.05) is 12.4 Å². The van der Waals surface area contributed by atoms with Crippen molar-refractivity contribution in [2.75, 3.05) is 0 Å². The lowest BCUT2D eigenvalue weighted by atomic mass is 9.83. The van der Waals surface area contributed by atoms with Crippen molar-refractivity contribution in [2.45, 2.75) is 25.7 Å². The van der Waals surface area contributed by atoms with Gasteiger partial charge in [-0.05, 0) is 97.5 Å². The number of aromatic amines is 1. The van der Waals surface area contributed by atoms with E-state index in [0.29, 0.717) is 0 Å². The molecule has 0 radical (unpaired) electrons. The van der Waals surface area contributed by atoms with E-state index in [1.54, 1.807) is 0 Å². The lowest BCUT2D eigenvalue weighted by Gasteiger charge is -2.22. The first-order chi connectivity index (χ1) is 18.3. The Kier molecular flexibility index (Phi) is 5.48. The van der Waals surface area contributed by atoms with Crippen LogP contribution in [-0.2, 0) is 0 Å². The molecule has 1 N–H and O–H groups in total. The minimum Gasteiger partial charge on any atom is -0.367 e. The fraction of sp³-hybridized carbons (Fsp3) is 0.111. The van der Waals surface area contributed by atoms with E-state index in [0.717, 1.165) is 25.7 Å². The van der Waals surface area contributed by atoms with Crippen LogP contribution in [0.5, 0.6) is 0 Å². The fourth-order valence-electron chi connectivity index (χ4n) is 6.14. The van der Waals surface area contributed by atoms with Gasteiger partial charge in [0.15, 0.2) is 0 Å². The maximum atomic E-state index is 3.23. The third-order valence-electron chi connectivity index (χ3n) is 8.04. The number of allylic oxidation sites excluding steroid dienone is 4. The van der Waals surface area contributed by atoms with Crippen molar-refractivity contribution < 1.29 is 0 Å². The molecule has 0 spiro atoms. The van der Waals surface area contributed by atoms with Gasteiger partial charge in [-0.3, -0.25) is 0 Å². The van der Waals surface area contributed by atoms with E-state index in [-0.39, 0.29) is 0 Å². The van der Waals surface area contributed by atoms with Gasteiger partial charge in [-0.15, -0.1) is 0 Å². The highest BCUT2D eigenvalue weighted by Crippen LogP contribution is 2.35. The fourth-order valence-corrected chi connectivity index (χ4v) is 6.14. The van der Waals surface area contributed by atoms with Gasteiger partial charge in [-0.2, -0.15) is 0 Å². The van der Waals surface area contributed by atoms with Gasteiger partial charge in [0.2, 0.25) is 0 Å². The molecule has 0 fully saturated rings.